The minimum atomic E-state index is -2.84. The molecule has 1 aliphatic rings. The topological polar surface area (TPSA) is 84.8 Å². The Morgan fingerprint density at radius 2 is 2.04 bits per heavy atom. The van der Waals surface area contributed by atoms with E-state index in [1.165, 1.54) is 0 Å². The molecule has 2 aromatic rings. The largest absolute Gasteiger partial charge is 0.370 e. The average Bonchev–Trinajstić information content (AvgIpc) is 2.92. The number of nitrogens with zero attached hydrogens (tertiary/aromatic N) is 3. The van der Waals surface area contributed by atoms with Gasteiger partial charge in [0.1, 0.15) is 5.82 Å². The van der Waals surface area contributed by atoms with E-state index in [1.54, 1.807) is 12.4 Å². The molecule has 0 aliphatic carbocycles. The molecule has 1 unspecified atom stereocenters. The van der Waals surface area contributed by atoms with Crippen LogP contribution in [0.5, 0.6) is 0 Å². The number of rotatable bonds is 5. The van der Waals surface area contributed by atoms with Crippen molar-refractivity contribution in [1.29, 1.82) is 0 Å². The maximum Gasteiger partial charge on any atom is 0.161 e. The van der Waals surface area contributed by atoms with Crippen molar-refractivity contribution >= 4 is 15.7 Å². The lowest BCUT2D eigenvalue weighted by Crippen LogP contribution is -2.16. The van der Waals surface area contributed by atoms with Gasteiger partial charge in [0.15, 0.2) is 15.7 Å². The lowest BCUT2D eigenvalue weighted by molar-refractivity contribution is 0.595. The molecule has 0 saturated carbocycles. The van der Waals surface area contributed by atoms with Crippen molar-refractivity contribution in [3.05, 3.63) is 36.3 Å². The highest BCUT2D eigenvalue weighted by Crippen LogP contribution is 2.21. The van der Waals surface area contributed by atoms with E-state index in [0.29, 0.717) is 18.1 Å². The summed E-state index contributed by atoms with van der Waals surface area (Å²) in [5.41, 5.74) is 1.87. The zero-order chi connectivity index (χ0) is 16.3. The highest BCUT2D eigenvalue weighted by Gasteiger charge is 2.27. The molecule has 6 nitrogen and oxygen atoms in total. The molecular formula is C16H20N4O2S. The fourth-order valence-corrected chi connectivity index (χ4v) is 4.54. The van der Waals surface area contributed by atoms with Crippen molar-refractivity contribution in [3.8, 4) is 11.4 Å². The van der Waals surface area contributed by atoms with E-state index in [-0.39, 0.29) is 11.7 Å². The Morgan fingerprint density at radius 3 is 2.70 bits per heavy atom. The van der Waals surface area contributed by atoms with Gasteiger partial charge in [-0.2, -0.15) is 0 Å². The molecule has 0 radical (unpaired) electrons. The number of anilines is 1. The Bertz CT molecular complexity index is 778. The van der Waals surface area contributed by atoms with Gasteiger partial charge >= 0.3 is 0 Å². The summed E-state index contributed by atoms with van der Waals surface area (Å²) in [4.78, 5) is 13.1. The SMILES string of the molecule is CCc1cc(NCC2CCS(=O)(=O)C2)nc(-c2ccncc2)n1. The van der Waals surface area contributed by atoms with Gasteiger partial charge in [-0.3, -0.25) is 4.98 Å². The molecule has 1 aliphatic heterocycles. The van der Waals surface area contributed by atoms with E-state index in [4.69, 9.17) is 0 Å². The summed E-state index contributed by atoms with van der Waals surface area (Å²) in [5.74, 6) is 2.12. The van der Waals surface area contributed by atoms with Gasteiger partial charge in [-0.15, -0.1) is 0 Å². The average molecular weight is 332 g/mol. The van der Waals surface area contributed by atoms with E-state index in [9.17, 15) is 8.42 Å². The van der Waals surface area contributed by atoms with Crippen LogP contribution in [0.2, 0.25) is 0 Å². The first-order valence-corrected chi connectivity index (χ1v) is 9.60. The van der Waals surface area contributed by atoms with Crippen LogP contribution in [-0.2, 0) is 16.3 Å². The van der Waals surface area contributed by atoms with Crippen LogP contribution in [0.25, 0.3) is 11.4 Å². The predicted molar refractivity (Wildman–Crippen MR) is 89.9 cm³/mol. The van der Waals surface area contributed by atoms with Crippen LogP contribution in [0.4, 0.5) is 5.82 Å². The molecule has 0 aromatic carbocycles. The number of nitrogens with one attached hydrogen (secondary N) is 1. The lowest BCUT2D eigenvalue weighted by atomic mass is 10.1. The molecule has 1 fully saturated rings. The summed E-state index contributed by atoms with van der Waals surface area (Å²) >= 11 is 0. The van der Waals surface area contributed by atoms with E-state index in [1.807, 2.05) is 25.1 Å². The van der Waals surface area contributed by atoms with Gasteiger partial charge in [-0.1, -0.05) is 6.92 Å². The maximum atomic E-state index is 11.5. The monoisotopic (exact) mass is 332 g/mol. The normalized spacial score (nSPS) is 19.6. The second-order valence-corrected chi connectivity index (χ2v) is 8.04. The summed E-state index contributed by atoms with van der Waals surface area (Å²) in [6.45, 7) is 2.67. The maximum absolute atomic E-state index is 11.5. The van der Waals surface area contributed by atoms with Crippen molar-refractivity contribution < 1.29 is 8.42 Å². The molecule has 0 spiro atoms. The Hall–Kier alpha value is -2.02. The Labute approximate surface area is 136 Å². The van der Waals surface area contributed by atoms with Crippen LogP contribution in [0.15, 0.2) is 30.6 Å². The first kappa shape index (κ1) is 15.9. The second kappa shape index (κ2) is 6.62. The zero-order valence-corrected chi connectivity index (χ0v) is 13.9. The summed E-state index contributed by atoms with van der Waals surface area (Å²) in [6, 6.07) is 5.68. The van der Waals surface area contributed by atoms with Crippen LogP contribution in [0, 0.1) is 5.92 Å². The fraction of sp³-hybridized carbons (Fsp3) is 0.438. The molecule has 2 aromatic heterocycles. The first-order chi connectivity index (χ1) is 11.1. The standard InChI is InChI=1S/C16H20N4O2S/c1-2-14-9-15(18-10-12-5-8-23(21,22)11-12)20-16(19-14)13-3-6-17-7-4-13/h3-4,6-7,9,12H,2,5,8,10-11H2,1H3,(H,18,19,20). The van der Waals surface area contributed by atoms with Crippen LogP contribution < -0.4 is 5.32 Å². The number of hydrogen-bond donors (Lipinski definition) is 1. The zero-order valence-electron chi connectivity index (χ0n) is 13.1. The molecule has 3 rings (SSSR count). The summed E-state index contributed by atoms with van der Waals surface area (Å²) < 4.78 is 23.1. The van der Waals surface area contributed by atoms with E-state index < -0.39 is 9.84 Å². The highest BCUT2D eigenvalue weighted by atomic mass is 32.2. The molecule has 7 heteroatoms. The predicted octanol–water partition coefficient (Wildman–Crippen LogP) is 1.95. The highest BCUT2D eigenvalue weighted by molar-refractivity contribution is 7.91. The van der Waals surface area contributed by atoms with Crippen LogP contribution in [0.3, 0.4) is 0 Å². The van der Waals surface area contributed by atoms with Crippen molar-refractivity contribution in [2.75, 3.05) is 23.4 Å². The van der Waals surface area contributed by atoms with Crippen molar-refractivity contribution in [1.82, 2.24) is 15.0 Å². The number of pyridine rings is 1. The molecule has 23 heavy (non-hydrogen) atoms. The quantitative estimate of drug-likeness (QED) is 0.901. The minimum Gasteiger partial charge on any atom is -0.370 e. The van der Waals surface area contributed by atoms with Gasteiger partial charge in [0.05, 0.1) is 11.5 Å². The molecule has 1 atom stereocenters. The second-order valence-electron chi connectivity index (χ2n) is 5.81. The van der Waals surface area contributed by atoms with E-state index in [2.05, 4.69) is 20.3 Å². The lowest BCUT2D eigenvalue weighted by Gasteiger charge is -2.12. The van der Waals surface area contributed by atoms with Gasteiger partial charge in [0, 0.05) is 36.3 Å². The third-order valence-electron chi connectivity index (χ3n) is 3.98. The number of sulfone groups is 1. The number of hydrogen-bond acceptors (Lipinski definition) is 6. The smallest absolute Gasteiger partial charge is 0.161 e. The Balaban J connectivity index is 1.77. The molecule has 0 bridgehead atoms. The molecule has 1 saturated heterocycles. The van der Waals surface area contributed by atoms with E-state index >= 15 is 0 Å². The van der Waals surface area contributed by atoms with E-state index in [0.717, 1.165) is 29.9 Å². The Kier molecular flexibility index (Phi) is 4.56. The van der Waals surface area contributed by atoms with Crippen LogP contribution in [-0.4, -0.2) is 41.4 Å². The Morgan fingerprint density at radius 1 is 1.26 bits per heavy atom. The summed E-state index contributed by atoms with van der Waals surface area (Å²) in [5, 5.41) is 3.28. The van der Waals surface area contributed by atoms with Gasteiger partial charge in [-0.05, 0) is 30.9 Å². The molecule has 122 valence electrons. The van der Waals surface area contributed by atoms with Gasteiger partial charge in [-0.25, -0.2) is 18.4 Å². The van der Waals surface area contributed by atoms with Gasteiger partial charge < -0.3 is 5.32 Å². The fourth-order valence-electron chi connectivity index (χ4n) is 2.68. The third-order valence-corrected chi connectivity index (χ3v) is 5.82. The van der Waals surface area contributed by atoms with Gasteiger partial charge in [0.2, 0.25) is 0 Å². The molecule has 3 heterocycles. The van der Waals surface area contributed by atoms with Crippen LogP contribution in [0.1, 0.15) is 19.0 Å². The van der Waals surface area contributed by atoms with Gasteiger partial charge in [0.25, 0.3) is 0 Å². The summed E-state index contributed by atoms with van der Waals surface area (Å²) in [7, 11) is -2.84. The molecular weight excluding hydrogens is 312 g/mol. The number of aryl methyl sites for hydroxylation is 1. The number of aromatic nitrogens is 3. The first-order valence-electron chi connectivity index (χ1n) is 7.78. The third kappa shape index (κ3) is 4.04. The molecule has 1 N–H and O–H groups in total. The minimum absolute atomic E-state index is 0.157. The van der Waals surface area contributed by atoms with Crippen molar-refractivity contribution in [3.63, 3.8) is 0 Å². The molecule has 0 amide bonds. The van der Waals surface area contributed by atoms with Crippen molar-refractivity contribution in [2.24, 2.45) is 5.92 Å². The van der Waals surface area contributed by atoms with Crippen LogP contribution >= 0.6 is 0 Å². The van der Waals surface area contributed by atoms with Crippen molar-refractivity contribution in [2.45, 2.75) is 19.8 Å². The summed E-state index contributed by atoms with van der Waals surface area (Å²) in [6.07, 6.45) is 4.97.